The van der Waals surface area contributed by atoms with E-state index in [0.29, 0.717) is 5.56 Å². The van der Waals surface area contributed by atoms with Crippen molar-refractivity contribution in [3.63, 3.8) is 0 Å². The number of hydrogen-bond acceptors (Lipinski definition) is 5. The first-order valence-corrected chi connectivity index (χ1v) is 8.65. The maximum atomic E-state index is 13.0. The average Bonchev–Trinajstić information content (AvgIpc) is 3.39. The highest BCUT2D eigenvalue weighted by Crippen LogP contribution is 2.33. The van der Waals surface area contributed by atoms with Crippen molar-refractivity contribution in [2.45, 2.75) is 18.9 Å². The lowest BCUT2D eigenvalue weighted by atomic mass is 10.1. The molecule has 0 spiro atoms. The van der Waals surface area contributed by atoms with Crippen LogP contribution < -0.4 is 5.32 Å². The van der Waals surface area contributed by atoms with Crippen LogP contribution in [-0.4, -0.2) is 43.9 Å². The number of likely N-dealkylation sites (tertiary alicyclic amines) is 1. The van der Waals surface area contributed by atoms with Crippen molar-refractivity contribution in [1.82, 2.24) is 24.4 Å². The predicted octanol–water partition coefficient (Wildman–Crippen LogP) is 2.68. The molecular formula is C19H20N6O. The molecule has 26 heavy (non-hydrogen) atoms. The molecule has 7 heteroatoms. The molecule has 0 radical (unpaired) electrons. The third-order valence-corrected chi connectivity index (χ3v) is 4.70. The zero-order valence-corrected chi connectivity index (χ0v) is 14.5. The van der Waals surface area contributed by atoms with Crippen LogP contribution in [0.15, 0.2) is 55.4 Å². The molecule has 132 valence electrons. The van der Waals surface area contributed by atoms with Gasteiger partial charge in [0, 0.05) is 38.4 Å². The first kappa shape index (κ1) is 16.3. The lowest BCUT2D eigenvalue weighted by Crippen LogP contribution is -2.30. The molecule has 1 saturated heterocycles. The SMILES string of the molecule is CNc1cc(C2CCCN2C(=O)c2ccc(-n3ccnc3)nc2)ccn1. The molecule has 1 amide bonds. The number of nitrogens with zero attached hydrogens (tertiary/aromatic N) is 5. The number of amides is 1. The largest absolute Gasteiger partial charge is 0.373 e. The van der Waals surface area contributed by atoms with E-state index in [1.165, 1.54) is 0 Å². The Balaban J connectivity index is 1.56. The van der Waals surface area contributed by atoms with Crippen molar-refractivity contribution in [3.8, 4) is 5.82 Å². The minimum Gasteiger partial charge on any atom is -0.373 e. The summed E-state index contributed by atoms with van der Waals surface area (Å²) >= 11 is 0. The second-order valence-corrected chi connectivity index (χ2v) is 6.26. The Morgan fingerprint density at radius 2 is 2.15 bits per heavy atom. The van der Waals surface area contributed by atoms with E-state index in [1.54, 1.807) is 24.9 Å². The second kappa shape index (κ2) is 6.95. The van der Waals surface area contributed by atoms with Gasteiger partial charge in [0.15, 0.2) is 0 Å². The van der Waals surface area contributed by atoms with Gasteiger partial charge in [-0.3, -0.25) is 9.36 Å². The van der Waals surface area contributed by atoms with Crippen LogP contribution in [0, 0.1) is 0 Å². The fourth-order valence-corrected chi connectivity index (χ4v) is 3.37. The standard InChI is InChI=1S/C19H20N6O/c1-20-17-11-14(6-7-22-17)16-3-2-9-25(16)19(26)15-4-5-18(23-12-15)24-10-8-21-13-24/h4-8,10-13,16H,2-3,9H2,1H3,(H,20,22). The summed E-state index contributed by atoms with van der Waals surface area (Å²) in [6.07, 6.45) is 10.6. The molecule has 0 aromatic carbocycles. The van der Waals surface area contributed by atoms with Gasteiger partial charge in [-0.05, 0) is 42.7 Å². The van der Waals surface area contributed by atoms with Crippen LogP contribution in [0.2, 0.25) is 0 Å². The zero-order chi connectivity index (χ0) is 17.9. The molecule has 1 aliphatic heterocycles. The molecule has 7 nitrogen and oxygen atoms in total. The lowest BCUT2D eigenvalue weighted by molar-refractivity contribution is 0.0735. The van der Waals surface area contributed by atoms with Crippen LogP contribution >= 0.6 is 0 Å². The van der Waals surface area contributed by atoms with Gasteiger partial charge in [0.1, 0.15) is 18.0 Å². The number of nitrogens with one attached hydrogen (secondary N) is 1. The van der Waals surface area contributed by atoms with Gasteiger partial charge in [0.25, 0.3) is 5.91 Å². The minimum atomic E-state index is 0.0139. The summed E-state index contributed by atoms with van der Waals surface area (Å²) in [6.45, 7) is 0.754. The predicted molar refractivity (Wildman–Crippen MR) is 98.2 cm³/mol. The number of anilines is 1. The Hall–Kier alpha value is -3.22. The molecule has 0 aliphatic carbocycles. The van der Waals surface area contributed by atoms with E-state index in [9.17, 15) is 4.79 Å². The highest BCUT2D eigenvalue weighted by atomic mass is 16.2. The van der Waals surface area contributed by atoms with Gasteiger partial charge in [-0.1, -0.05) is 0 Å². The van der Waals surface area contributed by atoms with E-state index in [4.69, 9.17) is 0 Å². The Morgan fingerprint density at radius 3 is 2.88 bits per heavy atom. The summed E-state index contributed by atoms with van der Waals surface area (Å²) in [4.78, 5) is 27.6. The molecular weight excluding hydrogens is 328 g/mol. The summed E-state index contributed by atoms with van der Waals surface area (Å²) in [5.74, 6) is 1.57. The number of carbonyl (C=O) groups excluding carboxylic acids is 1. The molecule has 4 heterocycles. The molecule has 1 N–H and O–H groups in total. The topological polar surface area (TPSA) is 75.9 Å². The highest BCUT2D eigenvalue weighted by Gasteiger charge is 2.31. The molecule has 1 fully saturated rings. The smallest absolute Gasteiger partial charge is 0.255 e. The molecule has 3 aromatic heterocycles. The van der Waals surface area contributed by atoms with Crippen molar-refractivity contribution in [2.75, 3.05) is 18.9 Å². The van der Waals surface area contributed by atoms with Crippen LogP contribution in [0.3, 0.4) is 0 Å². The number of hydrogen-bond donors (Lipinski definition) is 1. The van der Waals surface area contributed by atoms with Gasteiger partial charge in [-0.25, -0.2) is 15.0 Å². The molecule has 0 bridgehead atoms. The minimum absolute atomic E-state index is 0.0139. The lowest BCUT2D eigenvalue weighted by Gasteiger charge is -2.25. The number of carbonyl (C=O) groups is 1. The van der Waals surface area contributed by atoms with E-state index in [-0.39, 0.29) is 11.9 Å². The van der Waals surface area contributed by atoms with Crippen molar-refractivity contribution < 1.29 is 4.79 Å². The summed E-state index contributed by atoms with van der Waals surface area (Å²) in [6, 6.07) is 7.73. The van der Waals surface area contributed by atoms with E-state index in [1.807, 2.05) is 47.0 Å². The first-order chi connectivity index (χ1) is 12.8. The molecule has 1 aliphatic rings. The Bertz CT molecular complexity index is 891. The van der Waals surface area contributed by atoms with Crippen LogP contribution in [0.5, 0.6) is 0 Å². The maximum Gasteiger partial charge on any atom is 0.255 e. The quantitative estimate of drug-likeness (QED) is 0.784. The third-order valence-electron chi connectivity index (χ3n) is 4.70. The van der Waals surface area contributed by atoms with Crippen molar-refractivity contribution >= 4 is 11.7 Å². The Morgan fingerprint density at radius 1 is 1.23 bits per heavy atom. The van der Waals surface area contributed by atoms with Crippen molar-refractivity contribution in [1.29, 1.82) is 0 Å². The number of imidazole rings is 1. The van der Waals surface area contributed by atoms with Crippen LogP contribution in [0.25, 0.3) is 5.82 Å². The highest BCUT2D eigenvalue weighted by molar-refractivity contribution is 5.94. The summed E-state index contributed by atoms with van der Waals surface area (Å²) in [5, 5.41) is 3.05. The molecule has 1 atom stereocenters. The van der Waals surface area contributed by atoms with Gasteiger partial charge in [0.2, 0.25) is 0 Å². The molecule has 1 unspecified atom stereocenters. The van der Waals surface area contributed by atoms with Gasteiger partial charge in [-0.15, -0.1) is 0 Å². The van der Waals surface area contributed by atoms with Gasteiger partial charge in [-0.2, -0.15) is 0 Å². The van der Waals surface area contributed by atoms with Crippen LogP contribution in [0.4, 0.5) is 5.82 Å². The monoisotopic (exact) mass is 348 g/mol. The van der Waals surface area contributed by atoms with Crippen LogP contribution in [0.1, 0.15) is 34.8 Å². The fraction of sp³-hybridized carbons (Fsp3) is 0.263. The van der Waals surface area contributed by atoms with Crippen molar-refractivity contribution in [3.05, 3.63) is 66.5 Å². The third kappa shape index (κ3) is 3.03. The van der Waals surface area contributed by atoms with Gasteiger partial charge >= 0.3 is 0 Å². The summed E-state index contributed by atoms with van der Waals surface area (Å²) < 4.78 is 1.81. The van der Waals surface area contributed by atoms with E-state index >= 15 is 0 Å². The number of pyridine rings is 2. The molecule has 3 aromatic rings. The van der Waals surface area contributed by atoms with Gasteiger partial charge < -0.3 is 10.2 Å². The summed E-state index contributed by atoms with van der Waals surface area (Å²) in [7, 11) is 1.84. The number of rotatable bonds is 4. The van der Waals surface area contributed by atoms with Crippen LogP contribution in [-0.2, 0) is 0 Å². The van der Waals surface area contributed by atoms with Gasteiger partial charge in [0.05, 0.1) is 11.6 Å². The Kier molecular flexibility index (Phi) is 4.35. The fourth-order valence-electron chi connectivity index (χ4n) is 3.37. The first-order valence-electron chi connectivity index (χ1n) is 8.65. The van der Waals surface area contributed by atoms with Crippen molar-refractivity contribution in [2.24, 2.45) is 0 Å². The van der Waals surface area contributed by atoms with E-state index in [0.717, 1.165) is 36.6 Å². The van der Waals surface area contributed by atoms with E-state index in [2.05, 4.69) is 20.3 Å². The normalized spacial score (nSPS) is 16.7. The Labute approximate surface area is 151 Å². The maximum absolute atomic E-state index is 13.0. The number of aromatic nitrogens is 4. The van der Waals surface area contributed by atoms with E-state index < -0.39 is 0 Å². The average molecular weight is 348 g/mol. The summed E-state index contributed by atoms with van der Waals surface area (Å²) in [5.41, 5.74) is 1.71. The molecule has 4 rings (SSSR count). The second-order valence-electron chi connectivity index (χ2n) is 6.26. The molecule has 0 saturated carbocycles. The zero-order valence-electron chi connectivity index (χ0n) is 14.5.